The van der Waals surface area contributed by atoms with E-state index in [9.17, 15) is 4.39 Å². The van der Waals surface area contributed by atoms with Gasteiger partial charge in [0.05, 0.1) is 11.7 Å². The fourth-order valence-electron chi connectivity index (χ4n) is 4.11. The van der Waals surface area contributed by atoms with Crippen LogP contribution in [0.1, 0.15) is 12.0 Å². The first kappa shape index (κ1) is 22.1. The minimum absolute atomic E-state index is 0.239. The molecule has 8 heteroatoms. The molecule has 7 nitrogen and oxygen atoms in total. The number of para-hydroxylation sites is 1. The van der Waals surface area contributed by atoms with E-state index in [1.807, 2.05) is 58.4 Å². The van der Waals surface area contributed by atoms with Gasteiger partial charge in [0.15, 0.2) is 5.82 Å². The van der Waals surface area contributed by atoms with E-state index < -0.39 is 5.82 Å². The number of rotatable bonds is 7. The van der Waals surface area contributed by atoms with Crippen LogP contribution in [0.5, 0.6) is 0 Å². The maximum Gasteiger partial charge on any atom is 0.227 e. The lowest BCUT2D eigenvalue weighted by Crippen LogP contribution is -2.57. The number of nitrogens with zero attached hydrogens (tertiary/aromatic N) is 3. The molecule has 1 aliphatic carbocycles. The number of benzene rings is 1. The summed E-state index contributed by atoms with van der Waals surface area (Å²) >= 11 is 0. The van der Waals surface area contributed by atoms with Gasteiger partial charge in [-0.15, -0.1) is 0 Å². The van der Waals surface area contributed by atoms with Gasteiger partial charge in [0.25, 0.3) is 0 Å². The number of hydrogen-bond donors (Lipinski definition) is 4. The summed E-state index contributed by atoms with van der Waals surface area (Å²) in [6, 6.07) is 5.69. The van der Waals surface area contributed by atoms with Crippen LogP contribution >= 0.6 is 0 Å². The fraction of sp³-hybridized carbons (Fsp3) is 0.333. The molecule has 1 aromatic carbocycles. The summed E-state index contributed by atoms with van der Waals surface area (Å²) in [6.45, 7) is 2.92. The highest BCUT2D eigenvalue weighted by molar-refractivity contribution is 5.96. The molecule has 0 fully saturated rings. The first-order chi connectivity index (χ1) is 15.3. The molecule has 2 heterocycles. The van der Waals surface area contributed by atoms with Crippen molar-refractivity contribution < 1.29 is 4.39 Å². The molecule has 168 valence electrons. The minimum Gasteiger partial charge on any atom is -0.360 e. The van der Waals surface area contributed by atoms with Gasteiger partial charge >= 0.3 is 0 Å². The van der Waals surface area contributed by atoms with E-state index in [-0.39, 0.29) is 17.3 Å². The summed E-state index contributed by atoms with van der Waals surface area (Å²) in [4.78, 5) is 14.0. The lowest BCUT2D eigenvalue weighted by Gasteiger charge is -2.38. The van der Waals surface area contributed by atoms with E-state index in [0.717, 1.165) is 35.1 Å². The molecule has 0 spiro atoms. The van der Waals surface area contributed by atoms with E-state index in [2.05, 4.69) is 36.6 Å². The van der Waals surface area contributed by atoms with E-state index >= 15 is 0 Å². The number of fused-ring (bicyclic) bond motifs is 1. The van der Waals surface area contributed by atoms with Gasteiger partial charge in [0.2, 0.25) is 5.95 Å². The second-order valence-corrected chi connectivity index (χ2v) is 8.54. The Kier molecular flexibility index (Phi) is 6.10. The van der Waals surface area contributed by atoms with Crippen molar-refractivity contribution in [3.05, 3.63) is 65.9 Å². The van der Waals surface area contributed by atoms with E-state index in [4.69, 9.17) is 5.73 Å². The van der Waals surface area contributed by atoms with Crippen LogP contribution in [-0.2, 0) is 0 Å². The van der Waals surface area contributed by atoms with Crippen molar-refractivity contribution in [2.45, 2.75) is 24.9 Å². The number of nitrogens with one attached hydrogen (secondary N) is 3. The lowest BCUT2D eigenvalue weighted by atomic mass is 9.83. The van der Waals surface area contributed by atoms with Crippen molar-refractivity contribution in [2.24, 2.45) is 5.73 Å². The summed E-state index contributed by atoms with van der Waals surface area (Å²) in [5, 5.41) is 7.48. The number of aromatic nitrogens is 3. The molecule has 2 aromatic heterocycles. The highest BCUT2D eigenvalue weighted by Crippen LogP contribution is 2.31. The Hall–Kier alpha value is -3.07. The van der Waals surface area contributed by atoms with Crippen LogP contribution in [0.3, 0.4) is 0 Å². The molecule has 1 aliphatic rings. The zero-order chi connectivity index (χ0) is 22.9. The standard InChI is InChI=1S/C24H30FN7/c1-15-6-5-7-17-18(13-28-21(15)17)22-19(25)14-29-23(31-22)30-16-8-9-24(27-2,20(26)12-16)10-11-32(3)4/h5-9,12-14,20,27-28H,10-11,26H2,1-4H3,(H,29,30,31). The Labute approximate surface area is 187 Å². The van der Waals surface area contributed by atoms with Crippen molar-refractivity contribution in [1.29, 1.82) is 0 Å². The molecule has 0 saturated heterocycles. The second-order valence-electron chi connectivity index (χ2n) is 8.54. The van der Waals surface area contributed by atoms with Crippen molar-refractivity contribution in [2.75, 3.05) is 33.0 Å². The molecule has 2 unspecified atom stereocenters. The van der Waals surface area contributed by atoms with Gasteiger partial charge < -0.3 is 26.3 Å². The molecule has 5 N–H and O–H groups in total. The topological polar surface area (TPSA) is 94.9 Å². The fourth-order valence-corrected chi connectivity index (χ4v) is 4.11. The number of hydrogen-bond acceptors (Lipinski definition) is 6. The molecule has 0 amide bonds. The Morgan fingerprint density at radius 1 is 1.31 bits per heavy atom. The molecule has 4 rings (SSSR count). The average Bonchev–Trinajstić information content (AvgIpc) is 3.20. The smallest absolute Gasteiger partial charge is 0.227 e. The summed E-state index contributed by atoms with van der Waals surface area (Å²) in [6.07, 6.45) is 9.85. The predicted molar refractivity (Wildman–Crippen MR) is 128 cm³/mol. The number of nitrogens with two attached hydrogens (primary N) is 1. The van der Waals surface area contributed by atoms with Crippen LogP contribution in [0, 0.1) is 12.7 Å². The molecule has 3 aromatic rings. The van der Waals surface area contributed by atoms with Crippen LogP contribution in [0.2, 0.25) is 0 Å². The van der Waals surface area contributed by atoms with Crippen LogP contribution in [0.25, 0.3) is 22.2 Å². The highest BCUT2D eigenvalue weighted by Gasteiger charge is 2.33. The molecular weight excluding hydrogens is 405 g/mol. The molecular formula is C24H30FN7. The van der Waals surface area contributed by atoms with Crippen LogP contribution in [0.15, 0.2) is 54.5 Å². The Bertz CT molecular complexity index is 1180. The lowest BCUT2D eigenvalue weighted by molar-refractivity contribution is 0.300. The first-order valence-electron chi connectivity index (χ1n) is 10.7. The molecule has 0 radical (unpaired) electrons. The number of allylic oxidation sites excluding steroid dienone is 1. The maximum atomic E-state index is 14.7. The van der Waals surface area contributed by atoms with Crippen LogP contribution in [-0.4, -0.2) is 59.1 Å². The Morgan fingerprint density at radius 3 is 2.84 bits per heavy atom. The van der Waals surface area contributed by atoms with Crippen LogP contribution < -0.4 is 16.4 Å². The van der Waals surface area contributed by atoms with E-state index in [1.54, 1.807) is 6.20 Å². The molecule has 2 atom stereocenters. The zero-order valence-electron chi connectivity index (χ0n) is 18.9. The number of anilines is 1. The Morgan fingerprint density at radius 2 is 2.12 bits per heavy atom. The van der Waals surface area contributed by atoms with E-state index in [0.29, 0.717) is 11.5 Å². The van der Waals surface area contributed by atoms with Gasteiger partial charge in [-0.1, -0.05) is 24.3 Å². The van der Waals surface area contributed by atoms with E-state index in [1.165, 1.54) is 6.20 Å². The molecule has 32 heavy (non-hydrogen) atoms. The highest BCUT2D eigenvalue weighted by atomic mass is 19.1. The van der Waals surface area contributed by atoms with Crippen molar-refractivity contribution >= 4 is 16.9 Å². The van der Waals surface area contributed by atoms with Crippen LogP contribution in [0.4, 0.5) is 10.3 Å². The average molecular weight is 436 g/mol. The summed E-state index contributed by atoms with van der Waals surface area (Å²) in [5.41, 5.74) is 9.98. The third-order valence-corrected chi connectivity index (χ3v) is 6.13. The van der Waals surface area contributed by atoms with Gasteiger partial charge in [-0.25, -0.2) is 14.4 Å². The van der Waals surface area contributed by atoms with Crippen molar-refractivity contribution in [1.82, 2.24) is 25.2 Å². The third-order valence-electron chi connectivity index (χ3n) is 6.13. The number of aromatic amines is 1. The number of halogens is 1. The zero-order valence-corrected chi connectivity index (χ0v) is 18.9. The summed E-state index contributed by atoms with van der Waals surface area (Å²) < 4.78 is 14.7. The number of likely N-dealkylation sites (N-methyl/N-ethyl adjacent to an activating group) is 1. The number of H-pyrrole nitrogens is 1. The van der Waals surface area contributed by atoms with Gasteiger partial charge in [-0.05, 0) is 58.7 Å². The molecule has 0 aliphatic heterocycles. The largest absolute Gasteiger partial charge is 0.360 e. The predicted octanol–water partition coefficient (Wildman–Crippen LogP) is 3.18. The minimum atomic E-state index is -0.472. The van der Waals surface area contributed by atoms with Crippen molar-refractivity contribution in [3.8, 4) is 11.3 Å². The number of aryl methyl sites for hydroxylation is 1. The summed E-state index contributed by atoms with van der Waals surface area (Å²) in [7, 11) is 6.01. The maximum absolute atomic E-state index is 14.7. The quantitative estimate of drug-likeness (QED) is 0.455. The Balaban J connectivity index is 1.59. The normalized spacial score (nSPS) is 20.7. The summed E-state index contributed by atoms with van der Waals surface area (Å²) in [5.74, 6) is -0.155. The van der Waals surface area contributed by atoms with Gasteiger partial charge in [0, 0.05) is 34.4 Å². The van der Waals surface area contributed by atoms with Gasteiger partial charge in [-0.2, -0.15) is 0 Å². The SMILES string of the molecule is CNC1(CCN(C)C)C=CC(Nc2ncc(F)c(-c3c[nH]c4c(C)cccc34)n2)=CC1N. The van der Waals surface area contributed by atoms with Gasteiger partial charge in [-0.3, -0.25) is 0 Å². The first-order valence-corrected chi connectivity index (χ1v) is 10.7. The van der Waals surface area contributed by atoms with Crippen molar-refractivity contribution in [3.63, 3.8) is 0 Å². The monoisotopic (exact) mass is 435 g/mol. The molecule has 0 saturated carbocycles. The third kappa shape index (κ3) is 4.17. The second kappa shape index (κ2) is 8.82. The van der Waals surface area contributed by atoms with Gasteiger partial charge in [0.1, 0.15) is 5.69 Å². The molecule has 0 bridgehead atoms.